The Morgan fingerprint density at radius 2 is 1.74 bits per heavy atom. The first-order valence-corrected chi connectivity index (χ1v) is 11.9. The predicted octanol–water partition coefficient (Wildman–Crippen LogP) is 2.31. The number of primary amides is 1. The largest absolute Gasteiger partial charge is 0.468 e. The van der Waals surface area contributed by atoms with Crippen molar-refractivity contribution < 1.29 is 28.7 Å². The zero-order valence-corrected chi connectivity index (χ0v) is 20.6. The molecule has 0 fully saturated rings. The highest BCUT2D eigenvalue weighted by atomic mass is 16.5. The van der Waals surface area contributed by atoms with Gasteiger partial charge in [0.05, 0.1) is 19.7 Å². The molecule has 0 aliphatic rings. The van der Waals surface area contributed by atoms with Gasteiger partial charge in [-0.1, -0.05) is 62.9 Å². The molecule has 1 aromatic carbocycles. The van der Waals surface area contributed by atoms with Gasteiger partial charge in [0.2, 0.25) is 11.8 Å². The second-order valence-electron chi connectivity index (χ2n) is 8.37. The van der Waals surface area contributed by atoms with Crippen LogP contribution in [0, 0.1) is 0 Å². The van der Waals surface area contributed by atoms with E-state index in [0.717, 1.165) is 37.7 Å². The number of amides is 2. The van der Waals surface area contributed by atoms with Gasteiger partial charge in [-0.15, -0.1) is 0 Å². The molecule has 0 aliphatic heterocycles. The van der Waals surface area contributed by atoms with E-state index in [2.05, 4.69) is 12.2 Å². The van der Waals surface area contributed by atoms with Crippen LogP contribution in [0.25, 0.3) is 0 Å². The Labute approximate surface area is 202 Å². The summed E-state index contributed by atoms with van der Waals surface area (Å²) >= 11 is 0. The number of unbranched alkanes of at least 4 members (excludes halogenated alkanes) is 4. The monoisotopic (exact) mass is 477 g/mol. The minimum Gasteiger partial charge on any atom is -0.468 e. The molecule has 2 amide bonds. The molecule has 0 saturated heterocycles. The summed E-state index contributed by atoms with van der Waals surface area (Å²) < 4.78 is 10.2. The Kier molecular flexibility index (Phi) is 14.2. The highest BCUT2D eigenvalue weighted by molar-refractivity contribution is 5.79. The topological polar surface area (TPSA) is 128 Å². The molecule has 9 nitrogen and oxygen atoms in total. The molecule has 1 aromatic rings. The molecule has 34 heavy (non-hydrogen) atoms. The molecular formula is C25H39N3O6. The van der Waals surface area contributed by atoms with Crippen molar-refractivity contribution in [3.63, 3.8) is 0 Å². The molecule has 3 N–H and O–H groups in total. The Balaban J connectivity index is 2.77. The van der Waals surface area contributed by atoms with Crippen molar-refractivity contribution in [1.29, 1.82) is 0 Å². The smallest absolute Gasteiger partial charge is 0.322 e. The lowest BCUT2D eigenvalue weighted by Crippen LogP contribution is -2.51. The summed E-state index contributed by atoms with van der Waals surface area (Å²) in [4.78, 5) is 50.2. The number of esters is 2. The van der Waals surface area contributed by atoms with Gasteiger partial charge in [-0.25, -0.2) is 0 Å². The van der Waals surface area contributed by atoms with Crippen molar-refractivity contribution in [3.8, 4) is 0 Å². The lowest BCUT2D eigenvalue weighted by Gasteiger charge is -2.30. The quantitative estimate of drug-likeness (QED) is 0.260. The zero-order chi connectivity index (χ0) is 25.3. The minimum absolute atomic E-state index is 0.0568. The average Bonchev–Trinajstić information content (AvgIpc) is 2.81. The van der Waals surface area contributed by atoms with Crippen molar-refractivity contribution in [3.05, 3.63) is 35.9 Å². The SMILES string of the molecule is CCCCCCCC(=O)NC(CC(N)=O)CN(CC(=O)OCc1ccccc1)[C@@H](C)C(=O)OC. The van der Waals surface area contributed by atoms with Crippen molar-refractivity contribution in [2.24, 2.45) is 5.73 Å². The summed E-state index contributed by atoms with van der Waals surface area (Å²) in [7, 11) is 1.26. The van der Waals surface area contributed by atoms with Crippen LogP contribution >= 0.6 is 0 Å². The number of benzene rings is 1. The zero-order valence-electron chi connectivity index (χ0n) is 20.6. The molecule has 0 bridgehead atoms. The Morgan fingerprint density at radius 1 is 1.06 bits per heavy atom. The Bertz CT molecular complexity index is 771. The number of ether oxygens (including phenoxy) is 2. The summed E-state index contributed by atoms with van der Waals surface area (Å²) in [5.74, 6) is -1.87. The van der Waals surface area contributed by atoms with Crippen LogP contribution in [-0.4, -0.2) is 60.9 Å². The third-order valence-electron chi connectivity index (χ3n) is 5.44. The number of carbonyl (C=O) groups is 4. The van der Waals surface area contributed by atoms with Gasteiger partial charge in [-0.3, -0.25) is 24.1 Å². The molecule has 1 unspecified atom stereocenters. The maximum absolute atomic E-state index is 12.5. The molecule has 1 rings (SSSR count). The Hall–Kier alpha value is -2.94. The van der Waals surface area contributed by atoms with Crippen LogP contribution in [0.5, 0.6) is 0 Å². The van der Waals surface area contributed by atoms with E-state index in [4.69, 9.17) is 15.2 Å². The fourth-order valence-electron chi connectivity index (χ4n) is 3.50. The van der Waals surface area contributed by atoms with Gasteiger partial charge in [0.1, 0.15) is 12.6 Å². The maximum atomic E-state index is 12.5. The maximum Gasteiger partial charge on any atom is 0.322 e. The Morgan fingerprint density at radius 3 is 2.35 bits per heavy atom. The third-order valence-corrected chi connectivity index (χ3v) is 5.44. The number of hydrogen-bond donors (Lipinski definition) is 2. The lowest BCUT2D eigenvalue weighted by molar-refractivity contribution is -0.151. The molecule has 0 spiro atoms. The molecule has 0 radical (unpaired) electrons. The normalized spacial score (nSPS) is 12.6. The molecule has 2 atom stereocenters. The van der Waals surface area contributed by atoms with Gasteiger partial charge in [0.25, 0.3) is 0 Å². The van der Waals surface area contributed by atoms with E-state index in [1.54, 1.807) is 6.92 Å². The van der Waals surface area contributed by atoms with Gasteiger partial charge in [0, 0.05) is 19.4 Å². The van der Waals surface area contributed by atoms with Gasteiger partial charge in [0.15, 0.2) is 0 Å². The highest BCUT2D eigenvalue weighted by Crippen LogP contribution is 2.09. The van der Waals surface area contributed by atoms with Gasteiger partial charge < -0.3 is 20.5 Å². The summed E-state index contributed by atoms with van der Waals surface area (Å²) in [6, 6.07) is 7.77. The molecule has 0 aliphatic carbocycles. The van der Waals surface area contributed by atoms with E-state index >= 15 is 0 Å². The first-order valence-electron chi connectivity index (χ1n) is 11.9. The molecule has 190 valence electrons. The fraction of sp³-hybridized carbons (Fsp3) is 0.600. The van der Waals surface area contributed by atoms with Crippen LogP contribution in [0.2, 0.25) is 0 Å². The number of carbonyl (C=O) groups excluding carboxylic acids is 4. The van der Waals surface area contributed by atoms with Gasteiger partial charge in [-0.05, 0) is 18.9 Å². The first kappa shape index (κ1) is 29.1. The number of rotatable bonds is 17. The first-order chi connectivity index (χ1) is 16.3. The van der Waals surface area contributed by atoms with Crippen molar-refractivity contribution in [2.75, 3.05) is 20.2 Å². The van der Waals surface area contributed by atoms with E-state index in [0.29, 0.717) is 6.42 Å². The van der Waals surface area contributed by atoms with Crippen LogP contribution < -0.4 is 11.1 Å². The van der Waals surface area contributed by atoms with Crippen molar-refractivity contribution in [2.45, 2.75) is 77.5 Å². The average molecular weight is 478 g/mol. The lowest BCUT2D eigenvalue weighted by atomic mass is 10.1. The second-order valence-corrected chi connectivity index (χ2v) is 8.37. The van der Waals surface area contributed by atoms with E-state index in [-0.39, 0.29) is 32.0 Å². The van der Waals surface area contributed by atoms with Gasteiger partial charge >= 0.3 is 11.9 Å². The minimum atomic E-state index is -0.796. The summed E-state index contributed by atoms with van der Waals surface area (Å²) in [6.45, 7) is 3.65. The van der Waals surface area contributed by atoms with E-state index in [1.807, 2.05) is 30.3 Å². The van der Waals surface area contributed by atoms with E-state index in [9.17, 15) is 19.2 Å². The van der Waals surface area contributed by atoms with Crippen molar-refractivity contribution in [1.82, 2.24) is 10.2 Å². The third kappa shape index (κ3) is 12.3. The van der Waals surface area contributed by atoms with Crippen LogP contribution in [-0.2, 0) is 35.3 Å². The summed E-state index contributed by atoms with van der Waals surface area (Å²) in [5, 5.41) is 2.83. The predicted molar refractivity (Wildman–Crippen MR) is 128 cm³/mol. The number of nitrogens with zero attached hydrogens (tertiary/aromatic N) is 1. The van der Waals surface area contributed by atoms with E-state index < -0.39 is 29.9 Å². The second kappa shape index (κ2) is 16.6. The van der Waals surface area contributed by atoms with Crippen LogP contribution in [0.3, 0.4) is 0 Å². The number of hydrogen-bond acceptors (Lipinski definition) is 7. The highest BCUT2D eigenvalue weighted by Gasteiger charge is 2.28. The molecule has 0 aromatic heterocycles. The van der Waals surface area contributed by atoms with E-state index in [1.165, 1.54) is 12.0 Å². The number of methoxy groups -OCH3 is 1. The summed E-state index contributed by atoms with van der Waals surface area (Å²) in [6.07, 6.45) is 5.25. The molecule has 0 saturated carbocycles. The molecule has 9 heteroatoms. The number of nitrogens with two attached hydrogens (primary N) is 1. The molecule has 0 heterocycles. The van der Waals surface area contributed by atoms with Crippen molar-refractivity contribution >= 4 is 23.8 Å². The van der Waals surface area contributed by atoms with Crippen LogP contribution in [0.1, 0.15) is 64.4 Å². The summed E-state index contributed by atoms with van der Waals surface area (Å²) in [5.41, 5.74) is 6.22. The standard InChI is InChI=1S/C25H39N3O6/c1-4-5-6-7-11-14-23(30)27-21(15-22(26)29)16-28(19(2)25(32)33-3)17-24(31)34-18-20-12-9-8-10-13-20/h8-10,12-13,19,21H,4-7,11,14-18H2,1-3H3,(H2,26,29)(H,27,30)/t19-,21?/m0/s1. The molecular weight excluding hydrogens is 438 g/mol. The van der Waals surface area contributed by atoms with Crippen LogP contribution in [0.4, 0.5) is 0 Å². The number of nitrogens with one attached hydrogen (secondary N) is 1. The van der Waals surface area contributed by atoms with Gasteiger partial charge in [-0.2, -0.15) is 0 Å². The fourth-order valence-corrected chi connectivity index (χ4v) is 3.50. The van der Waals surface area contributed by atoms with Crippen LogP contribution in [0.15, 0.2) is 30.3 Å².